The number of nitrogens with one attached hydrogen (secondary N) is 1. The van der Waals surface area contributed by atoms with Crippen LogP contribution in [-0.2, 0) is 6.18 Å². The van der Waals surface area contributed by atoms with Gasteiger partial charge in [-0.25, -0.2) is 4.68 Å². The van der Waals surface area contributed by atoms with Crippen LogP contribution in [0.4, 0.5) is 18.9 Å². The van der Waals surface area contributed by atoms with Crippen LogP contribution in [0.5, 0.6) is 5.75 Å². The number of alkyl halides is 3. The molecule has 0 aliphatic heterocycles. The Labute approximate surface area is 176 Å². The second-order valence-electron chi connectivity index (χ2n) is 7.10. The number of hydrogen-bond donors (Lipinski definition) is 1. The van der Waals surface area contributed by atoms with E-state index in [2.05, 4.69) is 10.4 Å². The summed E-state index contributed by atoms with van der Waals surface area (Å²) >= 11 is 0. The van der Waals surface area contributed by atoms with Gasteiger partial charge in [0.15, 0.2) is 5.69 Å². The van der Waals surface area contributed by atoms with Gasteiger partial charge in [0, 0.05) is 17.4 Å². The van der Waals surface area contributed by atoms with Crippen LogP contribution in [-0.4, -0.2) is 21.8 Å². The lowest BCUT2D eigenvalue weighted by molar-refractivity contribution is -0.137. The Bertz CT molecular complexity index is 1150. The molecule has 1 N–H and O–H groups in total. The monoisotopic (exact) mass is 431 g/mol. The fourth-order valence-electron chi connectivity index (χ4n) is 2.86. The van der Waals surface area contributed by atoms with Gasteiger partial charge < -0.3 is 10.1 Å². The third kappa shape index (κ3) is 5.30. The lowest BCUT2D eigenvalue weighted by atomic mass is 10.2. The first-order chi connectivity index (χ1) is 14.5. The van der Waals surface area contributed by atoms with Gasteiger partial charge in [0.25, 0.3) is 5.91 Å². The van der Waals surface area contributed by atoms with Gasteiger partial charge >= 0.3 is 6.18 Å². The first-order valence-electron chi connectivity index (χ1n) is 9.41. The van der Waals surface area contributed by atoms with Crippen LogP contribution in [0.1, 0.15) is 35.6 Å². The molecule has 0 saturated carbocycles. The van der Waals surface area contributed by atoms with Crippen molar-refractivity contribution in [3.63, 3.8) is 0 Å². The molecule has 0 saturated heterocycles. The maximum atomic E-state index is 13.0. The van der Waals surface area contributed by atoms with Crippen molar-refractivity contribution >= 4 is 11.6 Å². The Balaban J connectivity index is 1.91. The molecule has 0 aliphatic carbocycles. The summed E-state index contributed by atoms with van der Waals surface area (Å²) in [5, 5.41) is 6.58. The number of halogens is 3. The minimum atomic E-state index is -4.53. The number of anilines is 1. The van der Waals surface area contributed by atoms with E-state index in [1.807, 2.05) is 13.8 Å². The molecule has 0 atom stereocenters. The molecule has 0 unspecified atom stereocenters. The van der Waals surface area contributed by atoms with E-state index in [-0.39, 0.29) is 17.5 Å². The van der Waals surface area contributed by atoms with Gasteiger partial charge in [-0.3, -0.25) is 9.59 Å². The molecule has 0 fully saturated rings. The highest BCUT2D eigenvalue weighted by molar-refractivity contribution is 6.02. The maximum absolute atomic E-state index is 13.0. The second-order valence-corrected chi connectivity index (χ2v) is 7.10. The van der Waals surface area contributed by atoms with E-state index in [1.54, 1.807) is 24.3 Å². The number of rotatable bonds is 5. The number of nitrogens with zero attached hydrogens (tertiary/aromatic N) is 2. The minimum Gasteiger partial charge on any atom is -0.491 e. The van der Waals surface area contributed by atoms with Gasteiger partial charge in [0.05, 0.1) is 17.4 Å². The fraction of sp³-hybridized carbons (Fsp3) is 0.227. The fourth-order valence-corrected chi connectivity index (χ4v) is 2.86. The molecule has 0 spiro atoms. The molecule has 6 nitrogen and oxygen atoms in total. The molecule has 0 aliphatic rings. The highest BCUT2D eigenvalue weighted by Crippen LogP contribution is 2.30. The number of aryl methyl sites for hydroxylation is 1. The maximum Gasteiger partial charge on any atom is 0.416 e. The molecule has 162 valence electrons. The smallest absolute Gasteiger partial charge is 0.416 e. The third-order valence-corrected chi connectivity index (χ3v) is 4.22. The lowest BCUT2D eigenvalue weighted by Gasteiger charge is -2.14. The van der Waals surface area contributed by atoms with E-state index in [0.717, 1.165) is 22.9 Å². The molecule has 0 bridgehead atoms. The van der Waals surface area contributed by atoms with Crippen LogP contribution in [0, 0.1) is 6.92 Å². The van der Waals surface area contributed by atoms with E-state index < -0.39 is 28.8 Å². The van der Waals surface area contributed by atoms with E-state index in [9.17, 15) is 22.8 Å². The van der Waals surface area contributed by atoms with E-state index >= 15 is 0 Å². The third-order valence-electron chi connectivity index (χ3n) is 4.22. The molecule has 9 heteroatoms. The number of ether oxygens (including phenoxy) is 1. The largest absolute Gasteiger partial charge is 0.491 e. The van der Waals surface area contributed by atoms with Crippen molar-refractivity contribution in [2.24, 2.45) is 0 Å². The quantitative estimate of drug-likeness (QED) is 0.641. The standard InChI is InChI=1S/C22H20F3N3O3/c1-13(2)31-18-9-7-16(8-10-18)26-21(30)20-19(29)11-14(3)28(27-20)17-6-4-5-15(12-17)22(23,24)25/h4-13H,1-3H3,(H,26,30). The van der Waals surface area contributed by atoms with Crippen molar-refractivity contribution in [2.75, 3.05) is 5.32 Å². The van der Waals surface area contributed by atoms with Crippen molar-refractivity contribution in [3.8, 4) is 11.4 Å². The van der Waals surface area contributed by atoms with Crippen LogP contribution >= 0.6 is 0 Å². The second kappa shape index (κ2) is 8.63. The number of amides is 1. The summed E-state index contributed by atoms with van der Waals surface area (Å²) in [4.78, 5) is 24.9. The summed E-state index contributed by atoms with van der Waals surface area (Å²) in [6.07, 6.45) is -4.54. The average molecular weight is 431 g/mol. The van der Waals surface area contributed by atoms with Gasteiger partial charge in [-0.1, -0.05) is 6.07 Å². The number of aromatic nitrogens is 2. The van der Waals surface area contributed by atoms with Crippen molar-refractivity contribution in [1.82, 2.24) is 9.78 Å². The summed E-state index contributed by atoms with van der Waals surface area (Å²) < 4.78 is 45.8. The Morgan fingerprint density at radius 1 is 1.10 bits per heavy atom. The average Bonchev–Trinajstić information content (AvgIpc) is 2.68. The van der Waals surface area contributed by atoms with Gasteiger partial charge in [-0.2, -0.15) is 18.3 Å². The summed E-state index contributed by atoms with van der Waals surface area (Å²) in [5.41, 5.74) is -1.16. The topological polar surface area (TPSA) is 73.2 Å². The zero-order chi connectivity index (χ0) is 22.8. The van der Waals surface area contributed by atoms with Crippen LogP contribution in [0.3, 0.4) is 0 Å². The Kier molecular flexibility index (Phi) is 6.14. The van der Waals surface area contributed by atoms with Crippen LogP contribution in [0.2, 0.25) is 0 Å². The summed E-state index contributed by atoms with van der Waals surface area (Å²) in [5.74, 6) is -0.156. The van der Waals surface area contributed by atoms with Gasteiger partial charge in [0.1, 0.15) is 5.75 Å². The number of benzene rings is 2. The molecule has 1 amide bonds. The first kappa shape index (κ1) is 22.1. The molecule has 3 rings (SSSR count). The van der Waals surface area contributed by atoms with Crippen LogP contribution in [0.15, 0.2) is 59.4 Å². The number of carbonyl (C=O) groups is 1. The molecule has 3 aromatic rings. The van der Waals surface area contributed by atoms with Crippen molar-refractivity contribution in [2.45, 2.75) is 33.1 Å². The molecular weight excluding hydrogens is 411 g/mol. The van der Waals surface area contributed by atoms with Crippen molar-refractivity contribution in [1.29, 1.82) is 0 Å². The minimum absolute atomic E-state index is 0.00786. The van der Waals surface area contributed by atoms with Crippen molar-refractivity contribution < 1.29 is 22.7 Å². The summed E-state index contributed by atoms with van der Waals surface area (Å²) in [6, 6.07) is 12.2. The Morgan fingerprint density at radius 2 is 1.77 bits per heavy atom. The van der Waals surface area contributed by atoms with Gasteiger partial charge in [-0.05, 0) is 63.2 Å². The predicted octanol–water partition coefficient (Wildman–Crippen LogP) is 4.60. The zero-order valence-electron chi connectivity index (χ0n) is 17.0. The molecule has 0 radical (unpaired) electrons. The van der Waals surface area contributed by atoms with Gasteiger partial charge in [0.2, 0.25) is 5.43 Å². The summed E-state index contributed by atoms with van der Waals surface area (Å²) in [7, 11) is 0. The molecule has 2 aromatic carbocycles. The van der Waals surface area contributed by atoms with Crippen LogP contribution < -0.4 is 15.5 Å². The van der Waals surface area contributed by atoms with E-state index in [1.165, 1.54) is 19.1 Å². The molecule has 31 heavy (non-hydrogen) atoms. The molecule has 1 heterocycles. The van der Waals surface area contributed by atoms with Gasteiger partial charge in [-0.15, -0.1) is 0 Å². The molecular formula is C22H20F3N3O3. The van der Waals surface area contributed by atoms with E-state index in [4.69, 9.17) is 4.74 Å². The summed E-state index contributed by atoms with van der Waals surface area (Å²) in [6.45, 7) is 5.28. The number of carbonyl (C=O) groups excluding carboxylic acids is 1. The lowest BCUT2D eigenvalue weighted by Crippen LogP contribution is -2.27. The number of hydrogen-bond acceptors (Lipinski definition) is 4. The highest BCUT2D eigenvalue weighted by Gasteiger charge is 2.30. The Hall–Kier alpha value is -3.62. The predicted molar refractivity (Wildman–Crippen MR) is 110 cm³/mol. The SMILES string of the molecule is Cc1cc(=O)c(C(=O)Nc2ccc(OC(C)C)cc2)nn1-c1cccc(C(F)(F)F)c1. The molecule has 1 aromatic heterocycles. The highest BCUT2D eigenvalue weighted by atomic mass is 19.4. The van der Waals surface area contributed by atoms with Crippen molar-refractivity contribution in [3.05, 3.63) is 81.8 Å². The van der Waals surface area contributed by atoms with E-state index in [0.29, 0.717) is 11.4 Å². The zero-order valence-corrected chi connectivity index (χ0v) is 17.0. The van der Waals surface area contributed by atoms with Crippen LogP contribution in [0.25, 0.3) is 5.69 Å². The normalized spacial score (nSPS) is 11.5. The first-order valence-corrected chi connectivity index (χ1v) is 9.41. The Morgan fingerprint density at radius 3 is 2.39 bits per heavy atom.